The molecule has 0 fully saturated rings. The number of anilines is 1. The molecule has 0 saturated carbocycles. The Kier molecular flexibility index (Phi) is 4.49. The second-order valence-electron chi connectivity index (χ2n) is 5.30. The number of carbonyl (C=O) groups is 1. The standard InChI is InChI=1S/C18H14N4OS2/c23-16(11-25-17-19-13-8-4-5-9-14(13)20-17)22-18-21-15(10-24-18)12-6-2-1-3-7-12/h1-10H,11H2,(H,19,20)(H,21,22,23). The van der Waals surface area contributed by atoms with Crippen molar-refractivity contribution in [1.82, 2.24) is 15.0 Å². The number of hydrogen-bond donors (Lipinski definition) is 2. The van der Waals surface area contributed by atoms with Gasteiger partial charge in [0.25, 0.3) is 0 Å². The molecule has 4 aromatic rings. The van der Waals surface area contributed by atoms with Crippen LogP contribution in [0.3, 0.4) is 0 Å². The van der Waals surface area contributed by atoms with Crippen LogP contribution >= 0.6 is 23.1 Å². The molecule has 0 atom stereocenters. The first-order valence-electron chi connectivity index (χ1n) is 7.66. The molecule has 0 aliphatic carbocycles. The van der Waals surface area contributed by atoms with Crippen LogP contribution in [0.5, 0.6) is 0 Å². The van der Waals surface area contributed by atoms with E-state index in [1.165, 1.54) is 23.1 Å². The van der Waals surface area contributed by atoms with Crippen LogP contribution in [0.15, 0.2) is 65.1 Å². The van der Waals surface area contributed by atoms with Crippen molar-refractivity contribution in [2.75, 3.05) is 11.1 Å². The molecule has 2 aromatic heterocycles. The zero-order valence-electron chi connectivity index (χ0n) is 13.1. The second-order valence-corrected chi connectivity index (χ2v) is 7.12. The summed E-state index contributed by atoms with van der Waals surface area (Å²) in [5, 5.41) is 6.13. The molecule has 0 spiro atoms. The number of thiazole rings is 1. The smallest absolute Gasteiger partial charge is 0.236 e. The highest BCUT2D eigenvalue weighted by atomic mass is 32.2. The van der Waals surface area contributed by atoms with Crippen molar-refractivity contribution in [2.24, 2.45) is 0 Å². The van der Waals surface area contributed by atoms with E-state index in [-0.39, 0.29) is 11.7 Å². The Balaban J connectivity index is 1.37. The quantitative estimate of drug-likeness (QED) is 0.513. The molecule has 0 radical (unpaired) electrons. The fraction of sp³-hybridized carbons (Fsp3) is 0.0556. The number of H-pyrrole nitrogens is 1. The lowest BCUT2D eigenvalue weighted by molar-refractivity contribution is -0.113. The average molecular weight is 366 g/mol. The van der Waals surface area contributed by atoms with Crippen molar-refractivity contribution >= 4 is 45.2 Å². The van der Waals surface area contributed by atoms with E-state index < -0.39 is 0 Å². The van der Waals surface area contributed by atoms with Gasteiger partial charge in [0.2, 0.25) is 5.91 Å². The third-order valence-corrected chi connectivity index (χ3v) is 5.16. The lowest BCUT2D eigenvalue weighted by Gasteiger charge is -2.00. The van der Waals surface area contributed by atoms with E-state index in [0.717, 1.165) is 27.4 Å². The minimum atomic E-state index is -0.0978. The molecule has 5 nitrogen and oxygen atoms in total. The molecule has 0 aliphatic rings. The lowest BCUT2D eigenvalue weighted by Crippen LogP contribution is -2.13. The van der Waals surface area contributed by atoms with Crippen LogP contribution in [0.1, 0.15) is 0 Å². The van der Waals surface area contributed by atoms with Crippen LogP contribution in [-0.2, 0) is 4.79 Å². The molecule has 4 rings (SSSR count). The van der Waals surface area contributed by atoms with Crippen LogP contribution in [0.2, 0.25) is 0 Å². The Morgan fingerprint density at radius 1 is 1.08 bits per heavy atom. The SMILES string of the molecule is O=C(CSc1nc2ccccc2[nH]1)Nc1nc(-c2ccccc2)cs1. The van der Waals surface area contributed by atoms with E-state index in [0.29, 0.717) is 5.13 Å². The molecule has 1 amide bonds. The molecule has 0 bridgehead atoms. The van der Waals surface area contributed by atoms with Crippen molar-refractivity contribution in [3.05, 3.63) is 60.0 Å². The maximum absolute atomic E-state index is 12.1. The minimum absolute atomic E-state index is 0.0978. The van der Waals surface area contributed by atoms with E-state index in [1.54, 1.807) is 0 Å². The van der Waals surface area contributed by atoms with Crippen molar-refractivity contribution < 1.29 is 4.79 Å². The highest BCUT2D eigenvalue weighted by Crippen LogP contribution is 2.25. The van der Waals surface area contributed by atoms with Gasteiger partial charge in [0, 0.05) is 10.9 Å². The number of amides is 1. The molecule has 25 heavy (non-hydrogen) atoms. The number of hydrogen-bond acceptors (Lipinski definition) is 5. The normalized spacial score (nSPS) is 10.9. The summed E-state index contributed by atoms with van der Waals surface area (Å²) in [4.78, 5) is 24.3. The van der Waals surface area contributed by atoms with Crippen LogP contribution < -0.4 is 5.32 Å². The van der Waals surface area contributed by atoms with Gasteiger partial charge in [-0.2, -0.15) is 0 Å². The average Bonchev–Trinajstić information content (AvgIpc) is 3.27. The van der Waals surface area contributed by atoms with Gasteiger partial charge >= 0.3 is 0 Å². The van der Waals surface area contributed by atoms with Gasteiger partial charge in [-0.1, -0.05) is 54.2 Å². The van der Waals surface area contributed by atoms with Crippen LogP contribution in [-0.4, -0.2) is 26.6 Å². The number of para-hydroxylation sites is 2. The maximum Gasteiger partial charge on any atom is 0.236 e. The zero-order chi connectivity index (χ0) is 17.1. The van der Waals surface area contributed by atoms with E-state index >= 15 is 0 Å². The fourth-order valence-corrected chi connectivity index (χ4v) is 3.78. The summed E-state index contributed by atoms with van der Waals surface area (Å²) in [7, 11) is 0. The second kappa shape index (κ2) is 7.08. The monoisotopic (exact) mass is 366 g/mol. The van der Waals surface area contributed by atoms with Crippen LogP contribution in [0.4, 0.5) is 5.13 Å². The topological polar surface area (TPSA) is 70.7 Å². The Morgan fingerprint density at radius 3 is 2.72 bits per heavy atom. The van der Waals surface area contributed by atoms with Gasteiger partial charge < -0.3 is 10.3 Å². The van der Waals surface area contributed by atoms with Gasteiger partial charge in [-0.05, 0) is 12.1 Å². The summed E-state index contributed by atoms with van der Waals surface area (Å²) < 4.78 is 0. The number of thioether (sulfide) groups is 1. The Hall–Kier alpha value is -2.64. The van der Waals surface area contributed by atoms with Gasteiger partial charge in [0.15, 0.2) is 10.3 Å². The number of aromatic amines is 1. The van der Waals surface area contributed by atoms with Crippen LogP contribution in [0, 0.1) is 0 Å². The third kappa shape index (κ3) is 3.72. The first kappa shape index (κ1) is 15.9. The summed E-state index contributed by atoms with van der Waals surface area (Å²) in [6.07, 6.45) is 0. The maximum atomic E-state index is 12.1. The Morgan fingerprint density at radius 2 is 1.88 bits per heavy atom. The summed E-state index contributed by atoms with van der Waals surface area (Å²) in [5.41, 5.74) is 3.78. The van der Waals surface area contributed by atoms with E-state index in [2.05, 4.69) is 20.3 Å². The van der Waals surface area contributed by atoms with Gasteiger partial charge in [-0.25, -0.2) is 9.97 Å². The molecule has 0 aliphatic heterocycles. The van der Waals surface area contributed by atoms with Crippen molar-refractivity contribution in [3.8, 4) is 11.3 Å². The number of rotatable bonds is 5. The van der Waals surface area contributed by atoms with Crippen molar-refractivity contribution in [2.45, 2.75) is 5.16 Å². The van der Waals surface area contributed by atoms with Crippen molar-refractivity contribution in [1.29, 1.82) is 0 Å². The Labute approximate surface area is 152 Å². The third-order valence-electron chi connectivity index (χ3n) is 3.53. The molecule has 7 heteroatoms. The highest BCUT2D eigenvalue weighted by Gasteiger charge is 2.10. The lowest BCUT2D eigenvalue weighted by atomic mass is 10.2. The fourth-order valence-electron chi connectivity index (χ4n) is 2.36. The number of imidazole rings is 1. The molecular formula is C18H14N4OS2. The summed E-state index contributed by atoms with van der Waals surface area (Å²) in [5.74, 6) is 0.180. The van der Waals surface area contributed by atoms with Gasteiger partial charge in [0.1, 0.15) is 0 Å². The number of nitrogens with one attached hydrogen (secondary N) is 2. The van der Waals surface area contributed by atoms with E-state index in [1.807, 2.05) is 60.0 Å². The predicted molar refractivity (Wildman–Crippen MR) is 103 cm³/mol. The predicted octanol–water partition coefficient (Wildman–Crippen LogP) is 4.42. The molecule has 2 aromatic carbocycles. The number of fused-ring (bicyclic) bond motifs is 1. The molecule has 0 saturated heterocycles. The molecule has 2 heterocycles. The molecule has 124 valence electrons. The molecule has 2 N–H and O–H groups in total. The first-order chi connectivity index (χ1) is 12.3. The van der Waals surface area contributed by atoms with Gasteiger partial charge in [-0.15, -0.1) is 11.3 Å². The molecular weight excluding hydrogens is 352 g/mol. The highest BCUT2D eigenvalue weighted by molar-refractivity contribution is 7.99. The van der Waals surface area contributed by atoms with Crippen molar-refractivity contribution in [3.63, 3.8) is 0 Å². The van der Waals surface area contributed by atoms with Gasteiger partial charge in [-0.3, -0.25) is 4.79 Å². The number of benzene rings is 2. The number of carbonyl (C=O) groups excluding carboxylic acids is 1. The first-order valence-corrected chi connectivity index (χ1v) is 9.53. The Bertz CT molecular complexity index is 977. The number of aromatic nitrogens is 3. The molecule has 0 unspecified atom stereocenters. The number of nitrogens with zero attached hydrogens (tertiary/aromatic N) is 2. The summed E-state index contributed by atoms with van der Waals surface area (Å²) >= 11 is 2.80. The zero-order valence-corrected chi connectivity index (χ0v) is 14.7. The van der Waals surface area contributed by atoms with E-state index in [4.69, 9.17) is 0 Å². The van der Waals surface area contributed by atoms with Crippen LogP contribution in [0.25, 0.3) is 22.3 Å². The van der Waals surface area contributed by atoms with Gasteiger partial charge in [0.05, 0.1) is 22.5 Å². The minimum Gasteiger partial charge on any atom is -0.333 e. The van der Waals surface area contributed by atoms with E-state index in [9.17, 15) is 4.79 Å². The largest absolute Gasteiger partial charge is 0.333 e. The summed E-state index contributed by atoms with van der Waals surface area (Å²) in [6, 6.07) is 17.7. The summed E-state index contributed by atoms with van der Waals surface area (Å²) in [6.45, 7) is 0.